The van der Waals surface area contributed by atoms with E-state index in [4.69, 9.17) is 0 Å². The maximum atomic E-state index is 4.59. The van der Waals surface area contributed by atoms with Crippen molar-refractivity contribution in [2.24, 2.45) is 0 Å². The van der Waals surface area contributed by atoms with Crippen molar-refractivity contribution in [3.63, 3.8) is 0 Å². The van der Waals surface area contributed by atoms with Crippen LogP contribution in [0.2, 0.25) is 38.4 Å². The molecule has 0 aliphatic rings. The highest BCUT2D eigenvalue weighted by atomic mass is 32.1. The first kappa shape index (κ1) is 13.1. The topological polar surface area (TPSA) is 0 Å². The van der Waals surface area contributed by atoms with Gasteiger partial charge in [0.05, 0.1) is 8.07 Å². The summed E-state index contributed by atoms with van der Waals surface area (Å²) in [7, 11) is -2.24. The van der Waals surface area contributed by atoms with Gasteiger partial charge in [-0.1, -0.05) is 56.6 Å². The molecule has 0 saturated carbocycles. The van der Waals surface area contributed by atoms with Crippen LogP contribution in [0.5, 0.6) is 0 Å². The van der Waals surface area contributed by atoms with E-state index in [1.165, 1.54) is 15.7 Å². The second kappa shape index (κ2) is 4.47. The van der Waals surface area contributed by atoms with Gasteiger partial charge in [-0.3, -0.25) is 0 Å². The van der Waals surface area contributed by atoms with Crippen LogP contribution in [0, 0.1) is 0 Å². The molecule has 0 atom stereocenters. The van der Waals surface area contributed by atoms with E-state index in [2.05, 4.69) is 69.6 Å². The first-order chi connectivity index (χ1) is 6.72. The average molecular weight is 255 g/mol. The SMILES string of the molecule is C[Si](C)(C)C[Si](C)(C)c1ccccc1S. The zero-order valence-corrected chi connectivity index (χ0v) is 13.4. The zero-order valence-electron chi connectivity index (χ0n) is 10.5. The van der Waals surface area contributed by atoms with Gasteiger partial charge >= 0.3 is 0 Å². The lowest BCUT2D eigenvalue weighted by atomic mass is 10.4. The standard InChI is InChI=1S/C12H22SSi2/c1-14(2,3)10-15(4,5)12-9-7-6-8-11(12)13/h6-9,13H,10H2,1-5H3. The molecule has 0 saturated heterocycles. The van der Waals surface area contributed by atoms with Gasteiger partial charge < -0.3 is 0 Å². The second-order valence-electron chi connectivity index (χ2n) is 6.14. The third-order valence-corrected chi connectivity index (χ3v) is 12.9. The van der Waals surface area contributed by atoms with Crippen molar-refractivity contribution in [3.8, 4) is 0 Å². The van der Waals surface area contributed by atoms with Crippen LogP contribution in [0.1, 0.15) is 0 Å². The second-order valence-corrected chi connectivity index (χ2v) is 17.5. The molecule has 0 unspecified atom stereocenters. The molecule has 15 heavy (non-hydrogen) atoms. The van der Waals surface area contributed by atoms with E-state index in [0.717, 1.165) is 0 Å². The minimum absolute atomic E-state index is 0.971. The molecule has 0 heterocycles. The molecule has 0 fully saturated rings. The molecule has 0 spiro atoms. The largest absolute Gasteiger partial charge is 0.144 e. The molecule has 3 heteroatoms. The average Bonchev–Trinajstić information content (AvgIpc) is 1.99. The number of hydrogen-bond donors (Lipinski definition) is 1. The van der Waals surface area contributed by atoms with Crippen LogP contribution in [-0.2, 0) is 0 Å². The van der Waals surface area contributed by atoms with Crippen LogP contribution >= 0.6 is 12.6 Å². The molecule has 0 aliphatic carbocycles. The molecule has 84 valence electrons. The van der Waals surface area contributed by atoms with Crippen LogP contribution in [-0.4, -0.2) is 16.1 Å². The lowest BCUT2D eigenvalue weighted by molar-refractivity contribution is 1.46. The Balaban J connectivity index is 3.01. The summed E-state index contributed by atoms with van der Waals surface area (Å²) in [6.07, 6.45) is 0. The minimum Gasteiger partial charge on any atom is -0.144 e. The first-order valence-electron chi connectivity index (χ1n) is 5.51. The van der Waals surface area contributed by atoms with Gasteiger partial charge in [-0.25, -0.2) is 0 Å². The highest BCUT2D eigenvalue weighted by molar-refractivity contribution is 7.80. The Morgan fingerprint density at radius 2 is 1.53 bits per heavy atom. The van der Waals surface area contributed by atoms with Crippen molar-refractivity contribution < 1.29 is 0 Å². The van der Waals surface area contributed by atoms with E-state index in [0.29, 0.717) is 0 Å². The molecule has 0 N–H and O–H groups in total. The van der Waals surface area contributed by atoms with Crippen molar-refractivity contribution in [1.29, 1.82) is 0 Å². The maximum absolute atomic E-state index is 4.59. The summed E-state index contributed by atoms with van der Waals surface area (Å²) in [5.74, 6) is 0. The van der Waals surface area contributed by atoms with Crippen molar-refractivity contribution in [1.82, 2.24) is 0 Å². The predicted molar refractivity (Wildman–Crippen MR) is 79.0 cm³/mol. The normalized spacial score (nSPS) is 12.9. The third-order valence-electron chi connectivity index (χ3n) is 2.61. The van der Waals surface area contributed by atoms with Gasteiger partial charge in [0.15, 0.2) is 0 Å². The fourth-order valence-corrected chi connectivity index (χ4v) is 16.2. The molecule has 0 amide bonds. The maximum Gasteiger partial charge on any atom is 0.0795 e. The van der Waals surface area contributed by atoms with Crippen LogP contribution in [0.25, 0.3) is 0 Å². The van der Waals surface area contributed by atoms with Gasteiger partial charge in [0, 0.05) is 13.0 Å². The summed E-state index contributed by atoms with van der Waals surface area (Å²) in [5.41, 5.74) is 1.44. The van der Waals surface area contributed by atoms with Crippen molar-refractivity contribution >= 4 is 34.0 Å². The number of hydrogen-bond acceptors (Lipinski definition) is 1. The summed E-state index contributed by atoms with van der Waals surface area (Å²) in [6.45, 7) is 12.3. The number of benzene rings is 1. The van der Waals surface area contributed by atoms with Crippen LogP contribution in [0.4, 0.5) is 0 Å². The molecule has 1 rings (SSSR count). The molecule has 0 bridgehead atoms. The molecule has 0 aliphatic heterocycles. The van der Waals surface area contributed by atoms with Crippen molar-refractivity contribution in [2.75, 3.05) is 0 Å². The highest BCUT2D eigenvalue weighted by Gasteiger charge is 2.31. The van der Waals surface area contributed by atoms with Crippen LogP contribution < -0.4 is 5.19 Å². The third kappa shape index (κ3) is 3.81. The number of rotatable bonds is 3. The Morgan fingerprint density at radius 1 is 1.00 bits per heavy atom. The van der Waals surface area contributed by atoms with E-state index in [1.807, 2.05) is 0 Å². The Bertz CT molecular complexity index is 340. The fourth-order valence-electron chi connectivity index (χ4n) is 2.47. The van der Waals surface area contributed by atoms with Crippen molar-refractivity contribution in [2.45, 2.75) is 43.3 Å². The van der Waals surface area contributed by atoms with Gasteiger partial charge in [-0.2, -0.15) is 0 Å². The Morgan fingerprint density at radius 3 is 2.00 bits per heavy atom. The smallest absolute Gasteiger partial charge is 0.0795 e. The monoisotopic (exact) mass is 254 g/mol. The zero-order chi connectivity index (χ0) is 11.7. The highest BCUT2D eigenvalue weighted by Crippen LogP contribution is 2.21. The lowest BCUT2D eigenvalue weighted by Crippen LogP contribution is -2.48. The minimum atomic E-state index is -1.27. The molecule has 0 aromatic heterocycles. The number of thiol groups is 1. The van der Waals surface area contributed by atoms with Crippen LogP contribution in [0.3, 0.4) is 0 Å². The van der Waals surface area contributed by atoms with Crippen molar-refractivity contribution in [3.05, 3.63) is 24.3 Å². The summed E-state index contributed by atoms with van der Waals surface area (Å²) in [5, 5.41) is 1.52. The first-order valence-corrected chi connectivity index (χ1v) is 12.9. The Labute approximate surface area is 102 Å². The van der Waals surface area contributed by atoms with Crippen LogP contribution in [0.15, 0.2) is 29.2 Å². The van der Waals surface area contributed by atoms with Gasteiger partial charge in [-0.05, 0) is 11.3 Å². The van der Waals surface area contributed by atoms with E-state index in [-0.39, 0.29) is 0 Å². The molecule has 0 nitrogen and oxygen atoms in total. The van der Waals surface area contributed by atoms with E-state index < -0.39 is 16.1 Å². The Kier molecular flexibility index (Phi) is 3.90. The molecular weight excluding hydrogens is 232 g/mol. The molecule has 0 radical (unpaired) electrons. The van der Waals surface area contributed by atoms with Gasteiger partial charge in [0.2, 0.25) is 0 Å². The van der Waals surface area contributed by atoms with E-state index in [1.54, 1.807) is 0 Å². The summed E-state index contributed by atoms with van der Waals surface area (Å²) >= 11 is 4.59. The predicted octanol–water partition coefficient (Wildman–Crippen LogP) is 3.77. The lowest BCUT2D eigenvalue weighted by Gasteiger charge is -2.30. The molecular formula is C12H22SSi2. The molecule has 1 aromatic rings. The fraction of sp³-hybridized carbons (Fsp3) is 0.500. The van der Waals surface area contributed by atoms with E-state index in [9.17, 15) is 0 Å². The summed E-state index contributed by atoms with van der Waals surface area (Å²) < 4.78 is 0. The van der Waals surface area contributed by atoms with E-state index >= 15 is 0 Å². The summed E-state index contributed by atoms with van der Waals surface area (Å²) in [6, 6.07) is 8.62. The van der Waals surface area contributed by atoms with Gasteiger partial charge in [0.1, 0.15) is 0 Å². The quantitative estimate of drug-likeness (QED) is 0.616. The molecule has 1 aromatic carbocycles. The Hall–Kier alpha value is 0.00377. The van der Waals surface area contributed by atoms with Gasteiger partial charge in [0.25, 0.3) is 0 Å². The summed E-state index contributed by atoms with van der Waals surface area (Å²) in [4.78, 5) is 1.19. The van der Waals surface area contributed by atoms with Gasteiger partial charge in [-0.15, -0.1) is 12.6 Å².